The molecule has 6 aliphatic rings. The zero-order valence-electron chi connectivity index (χ0n) is 72.0. The number of carboxylic acids is 3. The minimum Gasteiger partial charge on any atom is -0.488 e. The molecular formula is C101H107N13O10S. The Morgan fingerprint density at radius 1 is 0.416 bits per heavy atom. The van der Waals surface area contributed by atoms with Crippen LogP contribution in [0.5, 0.6) is 17.2 Å². The fourth-order valence-corrected chi connectivity index (χ4v) is 19.7. The molecular weight excluding hydrogens is 1590 g/mol. The standard InChI is InChI=1S/C35H35N5O3S.C34H38N4O3.C32H34N4O4/c1-22-7-5-8-26(27-10-6-11-29(37-27)34-36-18-30(35(41)42)39(34)2)33(22)43-21-23-13-14-25-19-40(16-15-24(25)17-23)20-32-38-28-9-3-4-12-31(28)44-32;1-23-9-7-12-28(29-13-8-14-30(36-29)33-35-20-31(34(39)40)37(33)2)32(23)41-22-24-15-16-26-21-38(18-17-25(26)19-24)27-10-5-3-4-6-11-27;1-21-6-3-8-26(27-9-4-10-28(34-27)31-33-17-29(32(37)38)35(31)2)30(21)40-19-22-11-12-24-18-36(14-13-23(24)16-22)25-7-5-15-39-20-25/h5-8,10-11,13-14,17-18H,3-4,9,12,15-16,19-21H2,1-2H3,(H,41,42);7-9,12-16,19-20,27H,3-6,10-11,17-18,21-22H2,1-2H3,(H,39,40);3-4,6,8-12,16-17,25H,5,7,13-15,18-20H2,1-2H3,(H,37,38). The van der Waals surface area contributed by atoms with E-state index in [0.717, 1.165) is 176 Å². The van der Waals surface area contributed by atoms with Gasteiger partial charge in [0.2, 0.25) is 0 Å². The van der Waals surface area contributed by atoms with E-state index in [1.165, 1.54) is 137 Å². The van der Waals surface area contributed by atoms with Crippen molar-refractivity contribution in [3.63, 3.8) is 0 Å². The summed E-state index contributed by atoms with van der Waals surface area (Å²) in [6.07, 6.45) is 22.8. The van der Waals surface area contributed by atoms with Crippen molar-refractivity contribution in [3.8, 4) is 85.6 Å². The smallest absolute Gasteiger partial charge is 0.354 e. The molecule has 11 heterocycles. The van der Waals surface area contributed by atoms with Crippen LogP contribution in [0.4, 0.5) is 0 Å². The summed E-state index contributed by atoms with van der Waals surface area (Å²) in [5.74, 6) is 0.825. The predicted molar refractivity (Wildman–Crippen MR) is 483 cm³/mol. The number of ether oxygens (including phenoxy) is 4. The maximum absolute atomic E-state index is 11.5. The second-order valence-electron chi connectivity index (χ2n) is 33.9. The average Bonchev–Trinajstić information content (AvgIpc) is 0.966. The molecule has 2 aliphatic carbocycles. The van der Waals surface area contributed by atoms with Gasteiger partial charge in [0.1, 0.15) is 76.2 Å². The number of nitrogens with zero attached hydrogens (tertiary/aromatic N) is 13. The number of aromatic carboxylic acids is 3. The summed E-state index contributed by atoms with van der Waals surface area (Å²) in [7, 11) is 5.06. The average molecular weight is 1700 g/mol. The third-order valence-electron chi connectivity index (χ3n) is 25.4. The minimum atomic E-state index is -1.02. The Balaban J connectivity index is 0.000000133. The zero-order valence-corrected chi connectivity index (χ0v) is 72.8. The second kappa shape index (κ2) is 38.4. The van der Waals surface area contributed by atoms with E-state index in [1.54, 1.807) is 34.8 Å². The van der Waals surface area contributed by atoms with Crippen molar-refractivity contribution in [2.24, 2.45) is 21.1 Å². The molecule has 0 spiro atoms. The Bertz CT molecular complexity index is 6090. The van der Waals surface area contributed by atoms with E-state index in [1.807, 2.05) is 128 Å². The number of para-hydroxylation sites is 3. The van der Waals surface area contributed by atoms with Crippen LogP contribution >= 0.6 is 11.3 Å². The maximum atomic E-state index is 11.5. The van der Waals surface area contributed by atoms with Crippen molar-refractivity contribution >= 4 is 29.2 Å². The minimum absolute atomic E-state index is 0.113. The molecule has 642 valence electrons. The van der Waals surface area contributed by atoms with Gasteiger partial charge in [0.15, 0.2) is 17.5 Å². The van der Waals surface area contributed by atoms with Gasteiger partial charge in [-0.05, 0) is 213 Å². The molecule has 19 rings (SSSR count). The topological polar surface area (TPSA) is 264 Å². The van der Waals surface area contributed by atoms with Crippen molar-refractivity contribution in [2.75, 3.05) is 32.8 Å². The fourth-order valence-electron chi connectivity index (χ4n) is 18.5. The molecule has 1 atom stereocenters. The number of thiazole rings is 1. The summed E-state index contributed by atoms with van der Waals surface area (Å²) >= 11 is 1.92. The van der Waals surface area contributed by atoms with Crippen LogP contribution in [0.1, 0.15) is 178 Å². The highest BCUT2D eigenvalue weighted by Gasteiger charge is 2.30. The van der Waals surface area contributed by atoms with E-state index < -0.39 is 17.9 Å². The summed E-state index contributed by atoms with van der Waals surface area (Å²) in [5, 5.41) is 29.5. The van der Waals surface area contributed by atoms with Crippen molar-refractivity contribution in [1.82, 2.24) is 63.3 Å². The third kappa shape index (κ3) is 19.3. The van der Waals surface area contributed by atoms with Crippen LogP contribution in [-0.4, -0.2) is 141 Å². The number of fused-ring (bicyclic) bond motifs is 4. The monoisotopic (exact) mass is 1690 g/mol. The van der Waals surface area contributed by atoms with Gasteiger partial charge in [0, 0.05) is 101 Å². The number of hydrogen-bond acceptors (Lipinski definition) is 18. The van der Waals surface area contributed by atoms with Gasteiger partial charge in [0.05, 0.1) is 54.5 Å². The molecule has 1 saturated heterocycles. The first-order valence-electron chi connectivity index (χ1n) is 43.8. The summed E-state index contributed by atoms with van der Waals surface area (Å²) in [6, 6.07) is 56.9. The van der Waals surface area contributed by atoms with Gasteiger partial charge < -0.3 is 48.0 Å². The SMILES string of the molecule is Cc1cccc(-c2cccc(-c3ncc(C(=O)O)n3C)n2)c1OCc1ccc2c(c1)CCN(C1CCCCCC1)C2.Cc1cccc(-c2cccc(-c3ncc(C(=O)O)n3C)n2)c1OCc1ccc2c(c1)CCN(C1CCCOC1)C2.Cc1cccc(-c2cccc(-c3ncc(C(=O)O)n3C)n2)c1OCc1ccc2c(c1)CCN(Cc1nc3c(s1)CCCC3)C2. The molecule has 2 fully saturated rings. The normalized spacial score (nSPS) is 16.1. The molecule has 1 saturated carbocycles. The van der Waals surface area contributed by atoms with E-state index in [0.29, 0.717) is 60.4 Å². The third-order valence-corrected chi connectivity index (χ3v) is 26.5. The largest absolute Gasteiger partial charge is 0.488 e. The van der Waals surface area contributed by atoms with Gasteiger partial charge in [-0.25, -0.2) is 49.3 Å². The Morgan fingerprint density at radius 2 is 0.808 bits per heavy atom. The summed E-state index contributed by atoms with van der Waals surface area (Å²) in [4.78, 5) is 76.3. The molecule has 24 heteroatoms. The van der Waals surface area contributed by atoms with Crippen molar-refractivity contribution in [2.45, 2.75) is 175 Å². The number of aryl methyl sites for hydroxylation is 5. The lowest BCUT2D eigenvalue weighted by atomic mass is 9.95. The lowest BCUT2D eigenvalue weighted by molar-refractivity contribution is 0.0125. The van der Waals surface area contributed by atoms with E-state index in [2.05, 4.69) is 97.2 Å². The van der Waals surface area contributed by atoms with E-state index in [4.69, 9.17) is 38.9 Å². The fraction of sp³-hybridized carbons (Fsp3) is 0.347. The molecule has 4 aliphatic heterocycles. The molecule has 1 unspecified atom stereocenters. The number of carboxylic acid groups (broad SMARTS) is 3. The summed E-state index contributed by atoms with van der Waals surface area (Å²) < 4.78 is 29.8. The van der Waals surface area contributed by atoms with Crippen LogP contribution in [0.3, 0.4) is 0 Å². The Hall–Kier alpha value is -12.3. The molecule has 6 aromatic carbocycles. The number of benzene rings is 6. The van der Waals surface area contributed by atoms with Gasteiger partial charge in [-0.1, -0.05) is 135 Å². The van der Waals surface area contributed by atoms with Crippen molar-refractivity contribution in [1.29, 1.82) is 0 Å². The van der Waals surface area contributed by atoms with Crippen molar-refractivity contribution in [3.05, 3.63) is 282 Å². The van der Waals surface area contributed by atoms with Crippen molar-refractivity contribution < 1.29 is 48.7 Å². The first kappa shape index (κ1) is 84.9. The Kier molecular flexibility index (Phi) is 26.1. The predicted octanol–water partition coefficient (Wildman–Crippen LogP) is 18.7. The number of carbonyl (C=O) groups is 3. The first-order chi connectivity index (χ1) is 60.9. The quantitative estimate of drug-likeness (QED) is 0.0532. The van der Waals surface area contributed by atoms with Crippen LogP contribution in [-0.2, 0) is 104 Å². The van der Waals surface area contributed by atoms with Crippen LogP contribution in [0.2, 0.25) is 0 Å². The van der Waals surface area contributed by atoms with Gasteiger partial charge in [0.25, 0.3) is 0 Å². The summed E-state index contributed by atoms with van der Waals surface area (Å²) in [6.45, 7) is 16.5. The first-order valence-corrected chi connectivity index (χ1v) is 44.6. The number of imidazole rings is 3. The van der Waals surface area contributed by atoms with E-state index >= 15 is 0 Å². The highest BCUT2D eigenvalue weighted by Crippen LogP contribution is 2.40. The number of hydrogen-bond donors (Lipinski definition) is 3. The van der Waals surface area contributed by atoms with Crippen LogP contribution in [0, 0.1) is 20.8 Å². The molecule has 7 aromatic heterocycles. The Labute approximate surface area is 733 Å². The van der Waals surface area contributed by atoms with Gasteiger partial charge in [-0.15, -0.1) is 11.3 Å². The van der Waals surface area contributed by atoms with Gasteiger partial charge >= 0.3 is 17.9 Å². The van der Waals surface area contributed by atoms with Gasteiger partial charge in [-0.2, -0.15) is 0 Å². The molecule has 23 nitrogen and oxygen atoms in total. The lowest BCUT2D eigenvalue weighted by Crippen LogP contribution is -2.43. The summed E-state index contributed by atoms with van der Waals surface area (Å²) in [5.41, 5.74) is 23.5. The second-order valence-corrected chi connectivity index (χ2v) is 35.0. The molecule has 125 heavy (non-hydrogen) atoms. The van der Waals surface area contributed by atoms with E-state index in [9.17, 15) is 29.7 Å². The number of rotatable bonds is 22. The number of aromatic nitrogens is 10. The molecule has 13 aromatic rings. The molecule has 0 bridgehead atoms. The number of pyridine rings is 3. The molecule has 0 amide bonds. The molecule has 0 radical (unpaired) electrons. The van der Waals surface area contributed by atoms with Gasteiger partial charge in [-0.3, -0.25) is 14.7 Å². The van der Waals surface area contributed by atoms with Crippen LogP contribution in [0.25, 0.3) is 68.3 Å². The highest BCUT2D eigenvalue weighted by molar-refractivity contribution is 7.11. The Morgan fingerprint density at radius 3 is 1.22 bits per heavy atom. The van der Waals surface area contributed by atoms with Crippen LogP contribution < -0.4 is 14.2 Å². The maximum Gasteiger partial charge on any atom is 0.354 e. The molecule has 3 N–H and O–H groups in total. The highest BCUT2D eigenvalue weighted by atomic mass is 32.1. The zero-order chi connectivity index (χ0) is 86.2. The van der Waals surface area contributed by atoms with Crippen LogP contribution in [0.15, 0.2) is 182 Å². The van der Waals surface area contributed by atoms with E-state index in [-0.39, 0.29) is 17.1 Å². The lowest BCUT2D eigenvalue weighted by Gasteiger charge is -2.37.